The zero-order valence-corrected chi connectivity index (χ0v) is 16.3. The minimum Gasteiger partial charge on any atom is -0.435 e. The van der Waals surface area contributed by atoms with Crippen LogP contribution in [0.4, 0.5) is 8.78 Å². The van der Waals surface area contributed by atoms with Crippen molar-refractivity contribution in [3.8, 4) is 5.75 Å². The molecule has 1 unspecified atom stereocenters. The van der Waals surface area contributed by atoms with Crippen molar-refractivity contribution in [2.24, 2.45) is 10.7 Å². The number of nitrogens with zero attached hydrogens (tertiary/aromatic N) is 2. The van der Waals surface area contributed by atoms with E-state index in [-0.39, 0.29) is 17.6 Å². The normalized spacial score (nSPS) is 19.0. The Morgan fingerprint density at radius 3 is 2.48 bits per heavy atom. The highest BCUT2D eigenvalue weighted by Crippen LogP contribution is 2.40. The first-order valence-electron chi connectivity index (χ1n) is 9.24. The van der Waals surface area contributed by atoms with Crippen molar-refractivity contribution in [2.75, 3.05) is 13.7 Å². The first kappa shape index (κ1) is 20.7. The second-order valence-electron chi connectivity index (χ2n) is 6.70. The van der Waals surface area contributed by atoms with Crippen LogP contribution in [0.15, 0.2) is 53.5 Å². The van der Waals surface area contributed by atoms with Gasteiger partial charge in [-0.3, -0.25) is 9.69 Å². The molecule has 0 saturated heterocycles. The molecule has 2 N–H and O–H groups in total. The van der Waals surface area contributed by atoms with E-state index in [4.69, 9.17) is 10.5 Å². The number of likely N-dealkylation sites (N-methyl/N-ethyl adjacent to an activating group) is 1. The molecule has 1 atom stereocenters. The van der Waals surface area contributed by atoms with E-state index in [2.05, 4.69) is 9.73 Å². The van der Waals surface area contributed by atoms with Crippen LogP contribution < -0.4 is 10.5 Å². The number of guanidine groups is 1. The van der Waals surface area contributed by atoms with Gasteiger partial charge in [0, 0.05) is 13.7 Å². The van der Waals surface area contributed by atoms with Gasteiger partial charge in [0.25, 0.3) is 5.91 Å². The quantitative estimate of drug-likeness (QED) is 0.687. The minimum absolute atomic E-state index is 0.00336. The third-order valence-corrected chi connectivity index (χ3v) is 4.70. The zero-order chi connectivity index (χ0) is 21.0. The van der Waals surface area contributed by atoms with Crippen LogP contribution in [-0.2, 0) is 21.7 Å². The molecule has 0 bridgehead atoms. The van der Waals surface area contributed by atoms with Gasteiger partial charge in [0.15, 0.2) is 11.5 Å². The van der Waals surface area contributed by atoms with Gasteiger partial charge < -0.3 is 15.2 Å². The van der Waals surface area contributed by atoms with Crippen LogP contribution in [0.5, 0.6) is 5.75 Å². The summed E-state index contributed by atoms with van der Waals surface area (Å²) in [4.78, 5) is 19.0. The van der Waals surface area contributed by atoms with Gasteiger partial charge in [-0.1, -0.05) is 43.3 Å². The summed E-state index contributed by atoms with van der Waals surface area (Å²) in [5.41, 5.74) is 6.57. The van der Waals surface area contributed by atoms with Crippen molar-refractivity contribution in [1.82, 2.24) is 4.90 Å². The van der Waals surface area contributed by atoms with Crippen LogP contribution in [0.2, 0.25) is 0 Å². The third-order valence-electron chi connectivity index (χ3n) is 4.70. The maximum atomic E-state index is 13.2. The molecule has 0 fully saturated rings. The SMILES string of the molecule is CCCOCc1cccc(C2(c3ccc(OC(F)F)cc3)N=C(N)N(C)C2=O)c1. The standard InChI is InChI=1S/C21H23F2N3O3/c1-3-11-28-13-14-5-4-6-16(12-14)21(18(27)26(2)20(24)25-21)15-7-9-17(10-8-15)29-19(22)23/h4-10,12,19H,3,11,13H2,1-2H3,(H2,24,25). The van der Waals surface area contributed by atoms with Gasteiger partial charge in [-0.15, -0.1) is 0 Å². The number of carbonyl (C=O) groups excluding carboxylic acids is 1. The Labute approximate surface area is 167 Å². The minimum atomic E-state index is -2.93. The lowest BCUT2D eigenvalue weighted by Crippen LogP contribution is -2.41. The average molecular weight is 403 g/mol. The zero-order valence-electron chi connectivity index (χ0n) is 16.3. The predicted molar refractivity (Wildman–Crippen MR) is 105 cm³/mol. The number of carbonyl (C=O) groups is 1. The molecule has 0 aromatic heterocycles. The number of ether oxygens (including phenoxy) is 2. The fourth-order valence-electron chi connectivity index (χ4n) is 3.28. The molecule has 2 aromatic rings. The Morgan fingerprint density at radius 2 is 1.90 bits per heavy atom. The van der Waals surface area contributed by atoms with Crippen molar-refractivity contribution in [3.63, 3.8) is 0 Å². The molecule has 0 radical (unpaired) electrons. The Morgan fingerprint density at radius 1 is 1.17 bits per heavy atom. The van der Waals surface area contributed by atoms with Crippen molar-refractivity contribution in [2.45, 2.75) is 32.1 Å². The fraction of sp³-hybridized carbons (Fsp3) is 0.333. The maximum absolute atomic E-state index is 13.2. The lowest BCUT2D eigenvalue weighted by atomic mass is 9.82. The summed E-state index contributed by atoms with van der Waals surface area (Å²) in [6.45, 7) is 0.135. The molecule has 6 nitrogen and oxygen atoms in total. The molecule has 1 amide bonds. The average Bonchev–Trinajstić information content (AvgIpc) is 2.93. The Hall–Kier alpha value is -3.00. The number of benzene rings is 2. The topological polar surface area (TPSA) is 77.2 Å². The summed E-state index contributed by atoms with van der Waals surface area (Å²) in [6.07, 6.45) is 0.904. The number of halogens is 2. The molecular weight excluding hydrogens is 380 g/mol. The second kappa shape index (κ2) is 8.57. The third kappa shape index (κ3) is 4.07. The summed E-state index contributed by atoms with van der Waals surface area (Å²) in [5.74, 6) is -0.254. The summed E-state index contributed by atoms with van der Waals surface area (Å²) >= 11 is 0. The number of alkyl halides is 2. The van der Waals surface area contributed by atoms with Crippen molar-refractivity contribution in [3.05, 3.63) is 65.2 Å². The highest BCUT2D eigenvalue weighted by atomic mass is 19.3. The number of nitrogens with two attached hydrogens (primary N) is 1. The molecule has 0 spiro atoms. The van der Waals surface area contributed by atoms with Crippen LogP contribution in [-0.4, -0.2) is 37.0 Å². The Bertz CT molecular complexity index is 902. The highest BCUT2D eigenvalue weighted by Gasteiger charge is 2.49. The van der Waals surface area contributed by atoms with Crippen LogP contribution in [0.25, 0.3) is 0 Å². The monoisotopic (exact) mass is 403 g/mol. The molecule has 0 aliphatic carbocycles. The molecule has 1 heterocycles. The highest BCUT2D eigenvalue weighted by molar-refractivity contribution is 6.08. The van der Waals surface area contributed by atoms with E-state index in [1.54, 1.807) is 25.2 Å². The van der Waals surface area contributed by atoms with Gasteiger partial charge in [-0.05, 0) is 35.2 Å². The molecule has 2 aromatic carbocycles. The number of hydrogen-bond donors (Lipinski definition) is 1. The molecule has 154 valence electrons. The maximum Gasteiger partial charge on any atom is 0.387 e. The van der Waals surface area contributed by atoms with Crippen LogP contribution in [0.1, 0.15) is 30.0 Å². The van der Waals surface area contributed by atoms with Crippen molar-refractivity contribution < 1.29 is 23.0 Å². The summed E-state index contributed by atoms with van der Waals surface area (Å²) in [6, 6.07) is 13.2. The van der Waals surface area contributed by atoms with E-state index in [9.17, 15) is 13.6 Å². The van der Waals surface area contributed by atoms with E-state index in [1.165, 1.54) is 17.0 Å². The number of hydrogen-bond acceptors (Lipinski definition) is 5. The molecule has 8 heteroatoms. The largest absolute Gasteiger partial charge is 0.435 e. The van der Waals surface area contributed by atoms with Gasteiger partial charge in [-0.25, -0.2) is 4.99 Å². The van der Waals surface area contributed by atoms with E-state index < -0.39 is 12.2 Å². The summed E-state index contributed by atoms with van der Waals surface area (Å²) in [7, 11) is 1.55. The fourth-order valence-corrected chi connectivity index (χ4v) is 3.28. The Kier molecular flexibility index (Phi) is 6.12. The van der Waals surface area contributed by atoms with Gasteiger partial charge in [0.05, 0.1) is 6.61 Å². The Balaban J connectivity index is 2.05. The first-order chi connectivity index (χ1) is 13.9. The molecule has 0 saturated carbocycles. The molecule has 29 heavy (non-hydrogen) atoms. The van der Waals surface area contributed by atoms with Crippen molar-refractivity contribution in [1.29, 1.82) is 0 Å². The van der Waals surface area contributed by atoms with Crippen LogP contribution in [0, 0.1) is 0 Å². The smallest absolute Gasteiger partial charge is 0.387 e. The summed E-state index contributed by atoms with van der Waals surface area (Å²) in [5, 5.41) is 0. The number of rotatable bonds is 8. The number of aliphatic imine (C=N–C) groups is 1. The number of amides is 1. The molecule has 3 rings (SSSR count). The van der Waals surface area contributed by atoms with E-state index in [0.717, 1.165) is 12.0 Å². The van der Waals surface area contributed by atoms with Gasteiger partial charge in [0.1, 0.15) is 5.75 Å². The molecule has 1 aliphatic heterocycles. The van der Waals surface area contributed by atoms with E-state index >= 15 is 0 Å². The van der Waals surface area contributed by atoms with Gasteiger partial charge in [-0.2, -0.15) is 8.78 Å². The lowest BCUT2D eigenvalue weighted by molar-refractivity contribution is -0.129. The first-order valence-corrected chi connectivity index (χ1v) is 9.24. The second-order valence-corrected chi connectivity index (χ2v) is 6.70. The molecular formula is C21H23F2N3O3. The van der Waals surface area contributed by atoms with Crippen LogP contribution >= 0.6 is 0 Å². The molecule has 1 aliphatic rings. The van der Waals surface area contributed by atoms with Crippen molar-refractivity contribution >= 4 is 11.9 Å². The van der Waals surface area contributed by atoms with Gasteiger partial charge >= 0.3 is 6.61 Å². The van der Waals surface area contributed by atoms with E-state index in [0.29, 0.717) is 24.3 Å². The predicted octanol–water partition coefficient (Wildman–Crippen LogP) is 3.24. The van der Waals surface area contributed by atoms with Gasteiger partial charge in [0.2, 0.25) is 0 Å². The summed E-state index contributed by atoms with van der Waals surface area (Å²) < 4.78 is 34.9. The van der Waals surface area contributed by atoms with Crippen LogP contribution in [0.3, 0.4) is 0 Å². The lowest BCUT2D eigenvalue weighted by Gasteiger charge is -2.26. The van der Waals surface area contributed by atoms with E-state index in [1.807, 2.05) is 25.1 Å².